The number of ether oxygens (including phenoxy) is 1. The molecule has 1 heterocycles. The lowest BCUT2D eigenvalue weighted by Gasteiger charge is -2.15. The largest absolute Gasteiger partial charge is 0.501 e. The Bertz CT molecular complexity index is 305. The van der Waals surface area contributed by atoms with Gasteiger partial charge < -0.3 is 25.2 Å². The molecule has 0 saturated carbocycles. The quantitative estimate of drug-likeness (QED) is 0.398. The summed E-state index contributed by atoms with van der Waals surface area (Å²) in [6, 6.07) is 0. The highest BCUT2D eigenvalue weighted by Crippen LogP contribution is 2.23. The molecule has 7 heteroatoms. The Hall–Kier alpha value is -1.60. The van der Waals surface area contributed by atoms with Gasteiger partial charge in [-0.2, -0.15) is 0 Å². The number of hydrogen-bond acceptors (Lipinski definition) is 6. The van der Waals surface area contributed by atoms with Crippen molar-refractivity contribution >= 4 is 11.9 Å². The van der Waals surface area contributed by atoms with Crippen molar-refractivity contribution in [1.82, 2.24) is 0 Å². The third-order valence-electron chi connectivity index (χ3n) is 1.73. The van der Waals surface area contributed by atoms with Crippen molar-refractivity contribution in [3.05, 3.63) is 11.3 Å². The van der Waals surface area contributed by atoms with Gasteiger partial charge in [-0.1, -0.05) is 0 Å². The first-order valence-corrected chi connectivity index (χ1v) is 3.65. The first kappa shape index (κ1) is 10.5. The minimum absolute atomic E-state index is 0.739. The smallest absolute Gasteiger partial charge is 0.374 e. The molecule has 14 heavy (non-hydrogen) atoms. The molecule has 78 valence electrons. The number of carboxylic acids is 1. The Labute approximate surface area is 77.8 Å². The van der Waals surface area contributed by atoms with Crippen molar-refractivity contribution in [2.75, 3.05) is 6.61 Å². The van der Waals surface area contributed by atoms with Gasteiger partial charge in [-0.15, -0.1) is 0 Å². The molecule has 0 radical (unpaired) electrons. The number of cyclic esters (lactones) is 1. The Morgan fingerprint density at radius 2 is 2.14 bits per heavy atom. The monoisotopic (exact) mass is 204 g/mol. The van der Waals surface area contributed by atoms with Crippen LogP contribution in [-0.2, 0) is 14.3 Å². The van der Waals surface area contributed by atoms with E-state index in [4.69, 9.17) is 20.4 Å². The van der Waals surface area contributed by atoms with E-state index in [1.165, 1.54) is 0 Å². The Kier molecular flexibility index (Phi) is 2.73. The summed E-state index contributed by atoms with van der Waals surface area (Å²) in [6.45, 7) is -0.776. The molecule has 0 aromatic rings. The van der Waals surface area contributed by atoms with E-state index in [-0.39, 0.29) is 0 Å². The highest BCUT2D eigenvalue weighted by molar-refractivity contribution is 6.02. The lowest BCUT2D eigenvalue weighted by Crippen LogP contribution is -2.33. The average Bonchev–Trinajstić information content (AvgIpc) is 2.42. The molecule has 7 nitrogen and oxygen atoms in total. The van der Waals surface area contributed by atoms with Gasteiger partial charge in [0.15, 0.2) is 6.10 Å². The van der Waals surface area contributed by atoms with Gasteiger partial charge in [-0.3, -0.25) is 0 Å². The summed E-state index contributed by atoms with van der Waals surface area (Å²) in [5, 5.41) is 35.2. The van der Waals surface area contributed by atoms with Crippen LogP contribution in [0.25, 0.3) is 0 Å². The molecule has 0 unspecified atom stereocenters. The maximum absolute atomic E-state index is 10.7. The Morgan fingerprint density at radius 1 is 1.57 bits per heavy atom. The van der Waals surface area contributed by atoms with Crippen LogP contribution < -0.4 is 0 Å². The molecule has 4 N–H and O–H groups in total. The van der Waals surface area contributed by atoms with E-state index >= 15 is 0 Å². The minimum atomic E-state index is -1.58. The number of carbonyl (C=O) groups is 2. The SMILES string of the molecule is O=C(O)C1=C(O)C(=O)O[C@H]1[C@@H](O)CO. The van der Waals surface area contributed by atoms with Crippen LogP contribution >= 0.6 is 0 Å². The van der Waals surface area contributed by atoms with Crippen LogP contribution in [0.4, 0.5) is 0 Å². The van der Waals surface area contributed by atoms with E-state index in [0.717, 1.165) is 0 Å². The highest BCUT2D eigenvalue weighted by Gasteiger charge is 2.42. The van der Waals surface area contributed by atoms with Gasteiger partial charge >= 0.3 is 11.9 Å². The lowest BCUT2D eigenvalue weighted by molar-refractivity contribution is -0.147. The van der Waals surface area contributed by atoms with Gasteiger partial charge in [-0.05, 0) is 0 Å². The number of hydrogen-bond donors (Lipinski definition) is 4. The summed E-state index contributed by atoms with van der Waals surface area (Å²) >= 11 is 0. The van der Waals surface area contributed by atoms with Crippen molar-refractivity contribution in [3.8, 4) is 0 Å². The number of carbonyl (C=O) groups excluding carboxylic acids is 1. The summed E-state index contributed by atoms with van der Waals surface area (Å²) in [5.74, 6) is -3.85. The zero-order chi connectivity index (χ0) is 10.9. The third-order valence-corrected chi connectivity index (χ3v) is 1.73. The van der Waals surface area contributed by atoms with Crippen molar-refractivity contribution in [2.45, 2.75) is 12.2 Å². The molecule has 1 aliphatic heterocycles. The van der Waals surface area contributed by atoms with Gasteiger partial charge in [0.05, 0.1) is 6.61 Å². The van der Waals surface area contributed by atoms with E-state index < -0.39 is 42.1 Å². The van der Waals surface area contributed by atoms with Crippen LogP contribution in [0.2, 0.25) is 0 Å². The second-order valence-electron chi connectivity index (χ2n) is 2.64. The van der Waals surface area contributed by atoms with E-state index in [2.05, 4.69) is 4.74 Å². The van der Waals surface area contributed by atoms with Crippen LogP contribution in [0.1, 0.15) is 0 Å². The van der Waals surface area contributed by atoms with Crippen LogP contribution in [0.15, 0.2) is 11.3 Å². The predicted molar refractivity (Wildman–Crippen MR) is 40.3 cm³/mol. The molecule has 2 atom stereocenters. The number of esters is 1. The fourth-order valence-corrected chi connectivity index (χ4v) is 1.06. The maximum Gasteiger partial charge on any atom is 0.374 e. The predicted octanol–water partition coefficient (Wildman–Crippen LogP) is -1.84. The number of aliphatic carboxylic acids is 1. The second-order valence-corrected chi connectivity index (χ2v) is 2.64. The van der Waals surface area contributed by atoms with Crippen molar-refractivity contribution in [2.24, 2.45) is 0 Å². The first-order valence-electron chi connectivity index (χ1n) is 3.65. The molecule has 0 aromatic carbocycles. The maximum atomic E-state index is 10.7. The molecule has 1 aliphatic rings. The molecule has 0 amide bonds. The molecule has 0 fully saturated rings. The minimum Gasteiger partial charge on any atom is -0.501 e. The van der Waals surface area contributed by atoms with E-state index in [0.29, 0.717) is 0 Å². The fourth-order valence-electron chi connectivity index (χ4n) is 1.06. The number of aliphatic hydroxyl groups is 3. The van der Waals surface area contributed by atoms with Gasteiger partial charge in [0.2, 0.25) is 5.76 Å². The molecule has 0 aromatic heterocycles. The number of rotatable bonds is 3. The summed E-state index contributed by atoms with van der Waals surface area (Å²) in [6.07, 6.45) is -3.08. The summed E-state index contributed by atoms with van der Waals surface area (Å²) in [7, 11) is 0. The highest BCUT2D eigenvalue weighted by atomic mass is 16.6. The summed E-state index contributed by atoms with van der Waals surface area (Å²) < 4.78 is 4.35. The molecular formula is C7H8O7. The van der Waals surface area contributed by atoms with Crippen molar-refractivity contribution in [1.29, 1.82) is 0 Å². The van der Waals surface area contributed by atoms with Crippen molar-refractivity contribution < 1.29 is 34.8 Å². The Morgan fingerprint density at radius 3 is 2.57 bits per heavy atom. The van der Waals surface area contributed by atoms with E-state index in [1.807, 2.05) is 0 Å². The zero-order valence-corrected chi connectivity index (χ0v) is 6.88. The molecule has 0 bridgehead atoms. The van der Waals surface area contributed by atoms with Gasteiger partial charge in [0.25, 0.3) is 0 Å². The van der Waals surface area contributed by atoms with Gasteiger partial charge in [0.1, 0.15) is 11.7 Å². The van der Waals surface area contributed by atoms with Crippen LogP contribution in [0.5, 0.6) is 0 Å². The van der Waals surface area contributed by atoms with Crippen LogP contribution in [0, 0.1) is 0 Å². The normalized spacial score (nSPS) is 23.6. The van der Waals surface area contributed by atoms with E-state index in [1.54, 1.807) is 0 Å². The molecule has 0 aliphatic carbocycles. The third kappa shape index (κ3) is 1.54. The average molecular weight is 204 g/mol. The van der Waals surface area contributed by atoms with Crippen LogP contribution in [0.3, 0.4) is 0 Å². The zero-order valence-electron chi connectivity index (χ0n) is 6.88. The molecule has 1 rings (SSSR count). The molecule has 0 spiro atoms. The van der Waals surface area contributed by atoms with E-state index in [9.17, 15) is 9.59 Å². The summed E-state index contributed by atoms with van der Waals surface area (Å²) in [5.41, 5.74) is -0.739. The number of carboxylic acid groups (broad SMARTS) is 1. The van der Waals surface area contributed by atoms with Crippen molar-refractivity contribution in [3.63, 3.8) is 0 Å². The topological polar surface area (TPSA) is 124 Å². The molecule has 0 saturated heterocycles. The standard InChI is InChI=1S/C7H8O7/c8-1-2(9)5-3(6(11)12)4(10)7(13)14-5/h2,5,8-10H,1H2,(H,11,12)/t2-,5-/m0/s1. The second kappa shape index (κ2) is 3.64. The van der Waals surface area contributed by atoms with Gasteiger partial charge in [0, 0.05) is 0 Å². The lowest BCUT2D eigenvalue weighted by atomic mass is 10.1. The van der Waals surface area contributed by atoms with Crippen LogP contribution in [-0.4, -0.2) is 51.2 Å². The van der Waals surface area contributed by atoms with Gasteiger partial charge in [-0.25, -0.2) is 9.59 Å². The summed E-state index contributed by atoms with van der Waals surface area (Å²) in [4.78, 5) is 21.3. The Balaban J connectivity index is 3.02. The fraction of sp³-hybridized carbons (Fsp3) is 0.429. The number of aliphatic hydroxyl groups excluding tert-OH is 3. The first-order chi connectivity index (χ1) is 6.49. The molecular weight excluding hydrogens is 196 g/mol.